The number of rotatable bonds is 7. The van der Waals surface area contributed by atoms with Crippen molar-refractivity contribution in [3.63, 3.8) is 0 Å². The first-order chi connectivity index (χ1) is 15.2. The monoisotopic (exact) mass is 456 g/mol. The molecule has 0 aliphatic carbocycles. The second-order valence-corrected chi connectivity index (χ2v) is 8.78. The third-order valence-electron chi connectivity index (χ3n) is 4.60. The number of aryl methyl sites for hydroxylation is 1. The van der Waals surface area contributed by atoms with Gasteiger partial charge in [-0.05, 0) is 67.6 Å². The Kier molecular flexibility index (Phi) is 6.89. The van der Waals surface area contributed by atoms with E-state index in [4.69, 9.17) is 0 Å². The fourth-order valence-corrected chi connectivity index (χ4v) is 4.32. The topological polar surface area (TPSA) is 92.8 Å². The summed E-state index contributed by atoms with van der Waals surface area (Å²) >= 11 is 0. The van der Waals surface area contributed by atoms with Crippen molar-refractivity contribution in [2.45, 2.75) is 11.8 Å². The predicted octanol–water partition coefficient (Wildman–Crippen LogP) is 3.75. The van der Waals surface area contributed by atoms with Crippen LogP contribution < -0.4 is 9.62 Å². The largest absolute Gasteiger partial charge is 0.465 e. The lowest BCUT2D eigenvalue weighted by Crippen LogP contribution is -2.38. The van der Waals surface area contributed by atoms with Crippen LogP contribution in [0.3, 0.4) is 0 Å². The van der Waals surface area contributed by atoms with Crippen LogP contribution in [0.4, 0.5) is 15.8 Å². The van der Waals surface area contributed by atoms with Gasteiger partial charge in [0, 0.05) is 5.69 Å². The zero-order valence-corrected chi connectivity index (χ0v) is 18.2. The van der Waals surface area contributed by atoms with E-state index in [1.807, 2.05) is 6.92 Å². The number of methoxy groups -OCH3 is 1. The lowest BCUT2D eigenvalue weighted by Gasteiger charge is -2.24. The molecule has 7 nitrogen and oxygen atoms in total. The third kappa shape index (κ3) is 5.30. The first-order valence-corrected chi connectivity index (χ1v) is 11.0. The molecule has 0 aliphatic heterocycles. The average molecular weight is 456 g/mol. The molecule has 0 heterocycles. The van der Waals surface area contributed by atoms with Crippen LogP contribution >= 0.6 is 0 Å². The third-order valence-corrected chi connectivity index (χ3v) is 6.39. The number of ether oxygens (including phenoxy) is 1. The van der Waals surface area contributed by atoms with Crippen molar-refractivity contribution in [1.82, 2.24) is 0 Å². The Bertz CT molecular complexity index is 1210. The number of halogens is 1. The van der Waals surface area contributed by atoms with E-state index >= 15 is 0 Å². The summed E-state index contributed by atoms with van der Waals surface area (Å²) < 4.78 is 45.5. The number of esters is 1. The Balaban J connectivity index is 1.87. The van der Waals surface area contributed by atoms with Gasteiger partial charge in [0.15, 0.2) is 0 Å². The van der Waals surface area contributed by atoms with Crippen molar-refractivity contribution >= 4 is 33.3 Å². The lowest BCUT2D eigenvalue weighted by atomic mass is 10.2. The smallest absolute Gasteiger partial charge is 0.337 e. The molecule has 0 fully saturated rings. The molecule has 1 amide bonds. The van der Waals surface area contributed by atoms with Gasteiger partial charge in [-0.2, -0.15) is 0 Å². The molecule has 0 atom stereocenters. The maximum absolute atomic E-state index is 13.4. The number of sulfonamides is 1. The Morgan fingerprint density at radius 3 is 2.09 bits per heavy atom. The van der Waals surface area contributed by atoms with E-state index in [0.29, 0.717) is 11.3 Å². The summed E-state index contributed by atoms with van der Waals surface area (Å²) in [5.41, 5.74) is 1.70. The van der Waals surface area contributed by atoms with Crippen molar-refractivity contribution in [1.29, 1.82) is 0 Å². The van der Waals surface area contributed by atoms with Crippen LogP contribution in [0.25, 0.3) is 0 Å². The van der Waals surface area contributed by atoms with Gasteiger partial charge in [-0.1, -0.05) is 17.7 Å². The molecular formula is C23H21FN2O5S. The molecule has 3 aromatic rings. The fraction of sp³-hybridized carbons (Fsp3) is 0.130. The highest BCUT2D eigenvalue weighted by molar-refractivity contribution is 7.92. The maximum Gasteiger partial charge on any atom is 0.337 e. The van der Waals surface area contributed by atoms with Gasteiger partial charge in [-0.3, -0.25) is 9.10 Å². The molecule has 0 saturated carbocycles. The van der Waals surface area contributed by atoms with Crippen molar-refractivity contribution < 1.29 is 27.1 Å². The minimum atomic E-state index is -4.10. The van der Waals surface area contributed by atoms with E-state index in [1.54, 1.807) is 12.1 Å². The molecule has 0 unspecified atom stereocenters. The second kappa shape index (κ2) is 9.61. The molecule has 0 radical (unpaired) electrons. The Morgan fingerprint density at radius 1 is 0.938 bits per heavy atom. The normalized spacial score (nSPS) is 11.0. The quantitative estimate of drug-likeness (QED) is 0.547. The molecule has 0 aromatic heterocycles. The van der Waals surface area contributed by atoms with Gasteiger partial charge in [0.1, 0.15) is 12.4 Å². The molecule has 3 aromatic carbocycles. The SMILES string of the molecule is COC(=O)c1ccc(NC(=O)CN(c2ccc(F)cc2)S(=O)(=O)c2ccc(C)cc2)cc1. The standard InChI is InChI=1S/C23H21FN2O5S/c1-16-3-13-21(14-4-16)32(29,30)26(20-11-7-18(24)8-12-20)15-22(27)25-19-9-5-17(6-10-19)23(28)31-2/h3-14H,15H2,1-2H3,(H,25,27). The molecule has 0 aliphatic rings. The van der Waals surface area contributed by atoms with E-state index in [1.165, 1.54) is 55.6 Å². The Hall–Kier alpha value is -3.72. The molecule has 0 bridgehead atoms. The number of anilines is 2. The zero-order valence-electron chi connectivity index (χ0n) is 17.4. The number of hydrogen-bond acceptors (Lipinski definition) is 5. The maximum atomic E-state index is 13.4. The van der Waals surface area contributed by atoms with Gasteiger partial charge in [-0.25, -0.2) is 17.6 Å². The molecule has 0 saturated heterocycles. The zero-order chi connectivity index (χ0) is 23.3. The minimum absolute atomic E-state index is 0.00246. The van der Waals surface area contributed by atoms with Crippen molar-refractivity contribution in [2.24, 2.45) is 0 Å². The van der Waals surface area contributed by atoms with Crippen LogP contribution in [0.1, 0.15) is 15.9 Å². The summed E-state index contributed by atoms with van der Waals surface area (Å²) in [6.07, 6.45) is 0. The molecule has 9 heteroatoms. The van der Waals surface area contributed by atoms with E-state index in [9.17, 15) is 22.4 Å². The highest BCUT2D eigenvalue weighted by Gasteiger charge is 2.27. The van der Waals surface area contributed by atoms with Crippen LogP contribution in [0.5, 0.6) is 0 Å². The number of benzene rings is 3. The predicted molar refractivity (Wildman–Crippen MR) is 119 cm³/mol. The highest BCUT2D eigenvalue weighted by Crippen LogP contribution is 2.24. The van der Waals surface area contributed by atoms with Gasteiger partial charge >= 0.3 is 5.97 Å². The average Bonchev–Trinajstić information content (AvgIpc) is 2.78. The van der Waals surface area contributed by atoms with E-state index in [-0.39, 0.29) is 10.6 Å². The Labute approximate surface area is 185 Å². The first kappa shape index (κ1) is 23.0. The fourth-order valence-electron chi connectivity index (χ4n) is 2.90. The number of carbonyl (C=O) groups is 2. The number of nitrogens with one attached hydrogen (secondary N) is 1. The summed E-state index contributed by atoms with van der Waals surface area (Å²) in [6, 6.07) is 17.0. The number of amides is 1. The van der Waals surface area contributed by atoms with Gasteiger partial charge in [0.25, 0.3) is 10.0 Å². The number of hydrogen-bond donors (Lipinski definition) is 1. The molecule has 3 rings (SSSR count). The summed E-state index contributed by atoms with van der Waals surface area (Å²) in [5, 5.41) is 2.60. The summed E-state index contributed by atoms with van der Waals surface area (Å²) in [4.78, 5) is 24.2. The van der Waals surface area contributed by atoms with Gasteiger partial charge in [-0.15, -0.1) is 0 Å². The molecule has 0 spiro atoms. The first-order valence-electron chi connectivity index (χ1n) is 9.54. The minimum Gasteiger partial charge on any atom is -0.465 e. The summed E-state index contributed by atoms with van der Waals surface area (Å²) in [5.74, 6) is -1.66. The molecule has 1 N–H and O–H groups in total. The van der Waals surface area contributed by atoms with Crippen LogP contribution in [-0.2, 0) is 19.6 Å². The summed E-state index contributed by atoms with van der Waals surface area (Å²) in [7, 11) is -2.84. The summed E-state index contributed by atoms with van der Waals surface area (Å²) in [6.45, 7) is 1.29. The van der Waals surface area contributed by atoms with Crippen molar-refractivity contribution in [3.8, 4) is 0 Å². The number of nitrogens with zero attached hydrogens (tertiary/aromatic N) is 1. The molecule has 32 heavy (non-hydrogen) atoms. The van der Waals surface area contributed by atoms with Crippen LogP contribution in [-0.4, -0.2) is 33.9 Å². The molecular weight excluding hydrogens is 435 g/mol. The molecule has 166 valence electrons. The van der Waals surface area contributed by atoms with Crippen LogP contribution in [0.15, 0.2) is 77.7 Å². The highest BCUT2D eigenvalue weighted by atomic mass is 32.2. The van der Waals surface area contributed by atoms with Gasteiger partial charge in [0.2, 0.25) is 5.91 Å². The van der Waals surface area contributed by atoms with Crippen LogP contribution in [0, 0.1) is 12.7 Å². The van der Waals surface area contributed by atoms with Crippen molar-refractivity contribution in [3.05, 3.63) is 89.7 Å². The van der Waals surface area contributed by atoms with Crippen LogP contribution in [0.2, 0.25) is 0 Å². The van der Waals surface area contributed by atoms with E-state index in [2.05, 4.69) is 10.1 Å². The van der Waals surface area contributed by atoms with E-state index in [0.717, 1.165) is 22.0 Å². The van der Waals surface area contributed by atoms with Crippen molar-refractivity contribution in [2.75, 3.05) is 23.3 Å². The lowest BCUT2D eigenvalue weighted by molar-refractivity contribution is -0.114. The Morgan fingerprint density at radius 2 is 1.53 bits per heavy atom. The second-order valence-electron chi connectivity index (χ2n) is 6.92. The number of carbonyl (C=O) groups excluding carboxylic acids is 2. The van der Waals surface area contributed by atoms with Gasteiger partial charge in [0.05, 0.1) is 23.3 Å². The van der Waals surface area contributed by atoms with Gasteiger partial charge < -0.3 is 10.1 Å². The van der Waals surface area contributed by atoms with E-state index < -0.39 is 34.3 Å².